The quantitative estimate of drug-likeness (QED) is 0.836. The van der Waals surface area contributed by atoms with Gasteiger partial charge in [-0.05, 0) is 55.4 Å². The first kappa shape index (κ1) is 13.8. The van der Waals surface area contributed by atoms with Gasteiger partial charge in [0.2, 0.25) is 0 Å². The molecule has 0 saturated carbocycles. The van der Waals surface area contributed by atoms with Crippen molar-refractivity contribution in [1.82, 2.24) is 4.90 Å². The van der Waals surface area contributed by atoms with Gasteiger partial charge in [0.05, 0.1) is 21.8 Å². The molecule has 5 heterocycles. The van der Waals surface area contributed by atoms with Crippen molar-refractivity contribution in [2.75, 3.05) is 24.6 Å². The maximum Gasteiger partial charge on any atom is 0.0846 e. The molecule has 23 heavy (non-hydrogen) atoms. The summed E-state index contributed by atoms with van der Waals surface area (Å²) in [6, 6.07) is 15.1. The number of hydrogen-bond acceptors (Lipinski definition) is 4. The second-order valence-electron chi connectivity index (χ2n) is 7.00. The average Bonchev–Trinajstić information content (AvgIpc) is 3.25. The summed E-state index contributed by atoms with van der Waals surface area (Å²) in [6.07, 6.45) is 3.72. The third-order valence-electron chi connectivity index (χ3n) is 5.77. The summed E-state index contributed by atoms with van der Waals surface area (Å²) >= 11 is 1.81. The zero-order chi connectivity index (χ0) is 15.3. The van der Waals surface area contributed by atoms with Gasteiger partial charge >= 0.3 is 0 Å². The molecule has 2 bridgehead atoms. The van der Waals surface area contributed by atoms with E-state index in [1.165, 1.54) is 42.2 Å². The van der Waals surface area contributed by atoms with Gasteiger partial charge in [0.15, 0.2) is 0 Å². The largest absolute Gasteiger partial charge is 0.301 e. The second-order valence-corrected chi connectivity index (χ2v) is 7.95. The predicted octanol–water partition coefficient (Wildman–Crippen LogP) is 3.83. The molecule has 4 aliphatic rings. The van der Waals surface area contributed by atoms with E-state index in [0.29, 0.717) is 0 Å². The normalized spacial score (nSPS) is 32.5. The number of benzene rings is 1. The van der Waals surface area contributed by atoms with Crippen molar-refractivity contribution < 1.29 is 0 Å². The Labute approximate surface area is 141 Å². The Hall–Kier alpha value is -1.65. The monoisotopic (exact) mass is 323 g/mol. The molecule has 1 aromatic carbocycles. The number of hydrogen-bond donors (Lipinski definition) is 0. The molecule has 4 aliphatic heterocycles. The fraction of sp³-hybridized carbons (Fsp3) is 0.421. The summed E-state index contributed by atoms with van der Waals surface area (Å²) in [5.41, 5.74) is 2.68. The van der Waals surface area contributed by atoms with Crippen LogP contribution in [0.15, 0.2) is 52.9 Å². The summed E-state index contributed by atoms with van der Waals surface area (Å²) in [4.78, 5) is 3.97. The van der Waals surface area contributed by atoms with Crippen LogP contribution in [-0.4, -0.2) is 35.8 Å². The maximum atomic E-state index is 5.13. The Balaban J connectivity index is 1.60. The van der Waals surface area contributed by atoms with Crippen LogP contribution in [0.4, 0.5) is 5.69 Å². The van der Waals surface area contributed by atoms with Gasteiger partial charge in [0, 0.05) is 13.0 Å². The first-order valence-corrected chi connectivity index (χ1v) is 9.42. The third-order valence-corrected chi connectivity index (χ3v) is 6.69. The Kier molecular flexibility index (Phi) is 3.10. The minimum absolute atomic E-state index is 0.164. The summed E-state index contributed by atoms with van der Waals surface area (Å²) in [7, 11) is 0. The summed E-state index contributed by atoms with van der Waals surface area (Å²) in [6.45, 7) is 3.69. The molecule has 4 heteroatoms. The zero-order valence-electron chi connectivity index (χ0n) is 13.2. The van der Waals surface area contributed by atoms with Crippen molar-refractivity contribution in [1.29, 1.82) is 0 Å². The van der Waals surface area contributed by atoms with E-state index in [0.717, 1.165) is 18.9 Å². The van der Waals surface area contributed by atoms with Crippen LogP contribution in [0, 0.1) is 5.92 Å². The summed E-state index contributed by atoms with van der Waals surface area (Å²) in [5.74, 6) is 0.758. The van der Waals surface area contributed by atoms with E-state index in [1.807, 2.05) is 11.3 Å². The smallest absolute Gasteiger partial charge is 0.0846 e. The van der Waals surface area contributed by atoms with Gasteiger partial charge in [-0.15, -0.1) is 11.3 Å². The molecule has 1 atom stereocenters. The van der Waals surface area contributed by atoms with Crippen LogP contribution >= 0.6 is 11.3 Å². The number of anilines is 1. The first-order chi connectivity index (χ1) is 11.4. The van der Waals surface area contributed by atoms with E-state index in [4.69, 9.17) is 5.10 Å². The number of para-hydroxylation sites is 1. The van der Waals surface area contributed by atoms with Gasteiger partial charge in [0.1, 0.15) is 0 Å². The molecule has 3 saturated heterocycles. The molecule has 0 radical (unpaired) electrons. The standard InChI is InChI=1S/C19H21N3S/c1-2-5-16(6-3-1)22-19(14-21-10-8-15(19)9-11-21)13-17(20-22)18-7-4-12-23-18/h1-7,12,15H,8-11,13-14H2. The summed E-state index contributed by atoms with van der Waals surface area (Å²) < 4.78 is 0. The van der Waals surface area contributed by atoms with Crippen molar-refractivity contribution >= 4 is 22.7 Å². The summed E-state index contributed by atoms with van der Waals surface area (Å²) in [5, 5.41) is 9.66. The van der Waals surface area contributed by atoms with E-state index < -0.39 is 0 Å². The molecule has 3 fully saturated rings. The van der Waals surface area contributed by atoms with Gasteiger partial charge < -0.3 is 4.90 Å². The molecule has 118 valence electrons. The minimum Gasteiger partial charge on any atom is -0.301 e. The Morgan fingerprint density at radius 1 is 1.04 bits per heavy atom. The van der Waals surface area contributed by atoms with Gasteiger partial charge in [-0.2, -0.15) is 5.10 Å². The van der Waals surface area contributed by atoms with E-state index >= 15 is 0 Å². The molecule has 1 aromatic heterocycles. The van der Waals surface area contributed by atoms with Crippen LogP contribution in [0.2, 0.25) is 0 Å². The third kappa shape index (κ3) is 2.08. The number of fused-ring (bicyclic) bond motifs is 2. The van der Waals surface area contributed by atoms with Crippen LogP contribution in [-0.2, 0) is 0 Å². The van der Waals surface area contributed by atoms with Crippen LogP contribution in [0.1, 0.15) is 24.1 Å². The molecule has 3 nitrogen and oxygen atoms in total. The molecule has 0 amide bonds. The first-order valence-electron chi connectivity index (χ1n) is 8.54. The lowest BCUT2D eigenvalue weighted by molar-refractivity contribution is 0.0318. The fourth-order valence-corrected chi connectivity index (χ4v) is 5.38. The molecule has 1 unspecified atom stereocenters. The fourth-order valence-electron chi connectivity index (χ4n) is 4.67. The lowest BCUT2D eigenvalue weighted by atomic mass is 9.70. The number of thiophene rings is 1. The van der Waals surface area contributed by atoms with Crippen LogP contribution in [0.3, 0.4) is 0 Å². The van der Waals surface area contributed by atoms with Crippen molar-refractivity contribution in [2.45, 2.75) is 24.8 Å². The molecular weight excluding hydrogens is 302 g/mol. The maximum absolute atomic E-state index is 5.13. The SMILES string of the molecule is c1ccc(N2N=C(c3cccs3)CC23CN2CCC3CC2)cc1. The minimum atomic E-state index is 0.164. The van der Waals surface area contributed by atoms with Crippen molar-refractivity contribution in [3.8, 4) is 0 Å². The highest BCUT2D eigenvalue weighted by molar-refractivity contribution is 7.12. The number of hydrazone groups is 1. The van der Waals surface area contributed by atoms with Crippen molar-refractivity contribution in [2.24, 2.45) is 11.0 Å². The predicted molar refractivity (Wildman–Crippen MR) is 96.3 cm³/mol. The van der Waals surface area contributed by atoms with Gasteiger partial charge in [0.25, 0.3) is 0 Å². The molecule has 6 rings (SSSR count). The highest BCUT2D eigenvalue weighted by Gasteiger charge is 2.54. The lowest BCUT2D eigenvalue weighted by Gasteiger charge is -2.54. The average molecular weight is 323 g/mol. The lowest BCUT2D eigenvalue weighted by Crippen LogP contribution is -2.64. The Morgan fingerprint density at radius 2 is 1.87 bits per heavy atom. The van der Waals surface area contributed by atoms with Gasteiger partial charge in [-0.25, -0.2) is 0 Å². The van der Waals surface area contributed by atoms with E-state index in [-0.39, 0.29) is 5.54 Å². The van der Waals surface area contributed by atoms with Crippen molar-refractivity contribution in [3.63, 3.8) is 0 Å². The molecule has 1 spiro atoms. The van der Waals surface area contributed by atoms with Crippen molar-refractivity contribution in [3.05, 3.63) is 52.7 Å². The number of rotatable bonds is 2. The second kappa shape index (κ2) is 5.18. The van der Waals surface area contributed by atoms with Gasteiger partial charge in [-0.1, -0.05) is 24.3 Å². The van der Waals surface area contributed by atoms with Crippen LogP contribution in [0.25, 0.3) is 0 Å². The molecule has 0 N–H and O–H groups in total. The topological polar surface area (TPSA) is 18.8 Å². The van der Waals surface area contributed by atoms with E-state index in [1.54, 1.807) is 0 Å². The highest BCUT2D eigenvalue weighted by Crippen LogP contribution is 2.47. The van der Waals surface area contributed by atoms with E-state index in [9.17, 15) is 0 Å². The van der Waals surface area contributed by atoms with Crippen LogP contribution < -0.4 is 5.01 Å². The molecule has 0 aliphatic carbocycles. The number of piperidine rings is 3. The number of nitrogens with zero attached hydrogens (tertiary/aromatic N) is 3. The highest BCUT2D eigenvalue weighted by atomic mass is 32.1. The zero-order valence-corrected chi connectivity index (χ0v) is 14.0. The Morgan fingerprint density at radius 3 is 2.52 bits per heavy atom. The van der Waals surface area contributed by atoms with E-state index in [2.05, 4.69) is 57.8 Å². The van der Waals surface area contributed by atoms with Gasteiger partial charge in [-0.3, -0.25) is 5.01 Å². The van der Waals surface area contributed by atoms with Crippen LogP contribution in [0.5, 0.6) is 0 Å². The Bertz CT molecular complexity index is 716. The molecular formula is C19H21N3S. The molecule has 2 aromatic rings.